The van der Waals surface area contributed by atoms with Crippen molar-refractivity contribution in [3.63, 3.8) is 0 Å². The van der Waals surface area contributed by atoms with E-state index >= 15 is 0 Å². The van der Waals surface area contributed by atoms with E-state index in [4.69, 9.17) is 4.74 Å². The van der Waals surface area contributed by atoms with Gasteiger partial charge >= 0.3 is 5.97 Å². The molecular formula is C19H17NO3S. The van der Waals surface area contributed by atoms with E-state index in [1.54, 1.807) is 23.5 Å². The van der Waals surface area contributed by atoms with Crippen LogP contribution in [0.2, 0.25) is 0 Å². The quantitative estimate of drug-likeness (QED) is 0.717. The number of hydrogen-bond donors (Lipinski definition) is 1. The maximum absolute atomic E-state index is 12.3. The van der Waals surface area contributed by atoms with Crippen LogP contribution in [0, 0.1) is 0 Å². The Morgan fingerprint density at radius 2 is 1.88 bits per heavy atom. The number of thiophene rings is 1. The Kier molecular flexibility index (Phi) is 4.91. The summed E-state index contributed by atoms with van der Waals surface area (Å²) < 4.78 is 5.17. The number of carbonyl (C=O) groups is 2. The second-order valence-electron chi connectivity index (χ2n) is 5.41. The van der Waals surface area contributed by atoms with Crippen molar-refractivity contribution >= 4 is 34.0 Å². The highest BCUT2D eigenvalue weighted by Gasteiger charge is 2.15. The summed E-state index contributed by atoms with van der Waals surface area (Å²) >= 11 is 1.57. The van der Waals surface area contributed by atoms with Gasteiger partial charge in [-0.05, 0) is 35.2 Å². The Morgan fingerprint density at radius 1 is 1.08 bits per heavy atom. The van der Waals surface area contributed by atoms with Crippen LogP contribution in [0.15, 0.2) is 60.0 Å². The van der Waals surface area contributed by atoms with Gasteiger partial charge < -0.3 is 10.1 Å². The zero-order chi connectivity index (χ0) is 16.9. The molecule has 0 aliphatic heterocycles. The van der Waals surface area contributed by atoms with Gasteiger partial charge in [-0.2, -0.15) is 0 Å². The highest BCUT2D eigenvalue weighted by Crippen LogP contribution is 2.20. The summed E-state index contributed by atoms with van der Waals surface area (Å²) in [6.45, 7) is 1.61. The molecule has 3 aromatic rings. The lowest BCUT2D eigenvalue weighted by Crippen LogP contribution is -2.30. The van der Waals surface area contributed by atoms with Crippen LogP contribution in [0.25, 0.3) is 10.8 Å². The highest BCUT2D eigenvalue weighted by atomic mass is 32.1. The van der Waals surface area contributed by atoms with Crippen molar-refractivity contribution in [3.8, 4) is 0 Å². The molecule has 4 nitrogen and oxygen atoms in total. The van der Waals surface area contributed by atoms with Crippen molar-refractivity contribution in [1.29, 1.82) is 0 Å². The number of amides is 1. The maximum atomic E-state index is 12.3. The molecule has 0 aliphatic rings. The first-order valence-corrected chi connectivity index (χ1v) is 8.51. The van der Waals surface area contributed by atoms with E-state index in [0.717, 1.165) is 15.6 Å². The van der Waals surface area contributed by atoms with Gasteiger partial charge in [0.25, 0.3) is 5.91 Å². The fraction of sp³-hybridized carbons (Fsp3) is 0.158. The van der Waals surface area contributed by atoms with Gasteiger partial charge in [0.05, 0.1) is 11.6 Å². The largest absolute Gasteiger partial charge is 0.452 e. The predicted octanol–water partition coefficient (Wildman–Crippen LogP) is 3.94. The molecule has 0 fully saturated rings. The summed E-state index contributed by atoms with van der Waals surface area (Å²) in [6, 6.07) is 16.8. The van der Waals surface area contributed by atoms with Gasteiger partial charge in [-0.25, -0.2) is 4.79 Å². The zero-order valence-electron chi connectivity index (χ0n) is 13.2. The summed E-state index contributed by atoms with van der Waals surface area (Å²) in [5.41, 5.74) is 0.465. The van der Waals surface area contributed by atoms with Gasteiger partial charge in [0.2, 0.25) is 0 Å². The van der Waals surface area contributed by atoms with Crippen LogP contribution in [0.5, 0.6) is 0 Å². The number of ether oxygens (including phenoxy) is 1. The molecule has 0 radical (unpaired) electrons. The third kappa shape index (κ3) is 3.63. The van der Waals surface area contributed by atoms with Crippen LogP contribution in [0.1, 0.15) is 28.2 Å². The van der Waals surface area contributed by atoms with Crippen molar-refractivity contribution in [2.45, 2.75) is 13.0 Å². The Morgan fingerprint density at radius 3 is 2.67 bits per heavy atom. The van der Waals surface area contributed by atoms with Crippen molar-refractivity contribution in [1.82, 2.24) is 5.32 Å². The van der Waals surface area contributed by atoms with E-state index in [1.165, 1.54) is 0 Å². The third-order valence-corrected chi connectivity index (χ3v) is 4.75. The second-order valence-corrected chi connectivity index (χ2v) is 6.39. The topological polar surface area (TPSA) is 55.4 Å². The second kappa shape index (κ2) is 7.27. The summed E-state index contributed by atoms with van der Waals surface area (Å²) in [5.74, 6) is -0.810. The molecular weight excluding hydrogens is 322 g/mol. The number of fused-ring (bicyclic) bond motifs is 1. The maximum Gasteiger partial charge on any atom is 0.339 e. The monoisotopic (exact) mass is 339 g/mol. The molecule has 0 saturated carbocycles. The first-order valence-electron chi connectivity index (χ1n) is 7.63. The number of carbonyl (C=O) groups excluding carboxylic acids is 2. The lowest BCUT2D eigenvalue weighted by atomic mass is 10.1. The van der Waals surface area contributed by atoms with E-state index in [1.807, 2.05) is 54.8 Å². The van der Waals surface area contributed by atoms with Crippen LogP contribution < -0.4 is 5.32 Å². The molecule has 1 N–H and O–H groups in total. The average Bonchev–Trinajstić information content (AvgIpc) is 3.14. The highest BCUT2D eigenvalue weighted by molar-refractivity contribution is 7.10. The van der Waals surface area contributed by atoms with Gasteiger partial charge in [0.1, 0.15) is 0 Å². The molecule has 1 heterocycles. The summed E-state index contributed by atoms with van der Waals surface area (Å²) in [4.78, 5) is 25.3. The summed E-state index contributed by atoms with van der Waals surface area (Å²) in [7, 11) is 0. The molecule has 2 aromatic carbocycles. The Bertz CT molecular complexity index is 853. The third-order valence-electron chi connectivity index (χ3n) is 3.69. The van der Waals surface area contributed by atoms with E-state index in [-0.39, 0.29) is 18.6 Å². The number of hydrogen-bond acceptors (Lipinski definition) is 4. The number of rotatable bonds is 5. The number of esters is 1. The molecule has 1 atom stereocenters. The van der Waals surface area contributed by atoms with E-state index < -0.39 is 5.97 Å². The smallest absolute Gasteiger partial charge is 0.339 e. The molecule has 0 bridgehead atoms. The predicted molar refractivity (Wildman–Crippen MR) is 95.1 cm³/mol. The standard InChI is InChI=1S/C19H17NO3S/c1-13(17-10-5-11-24-17)20-18(21)12-23-19(22)16-9-4-7-14-6-2-3-8-15(14)16/h2-11,13H,12H2,1H3,(H,20,21)/t13-/m1/s1. The van der Waals surface area contributed by atoms with Crippen LogP contribution in [0.4, 0.5) is 0 Å². The first kappa shape index (κ1) is 16.2. The molecule has 1 amide bonds. The number of benzene rings is 2. The van der Waals surface area contributed by atoms with Crippen LogP contribution in [-0.4, -0.2) is 18.5 Å². The Labute approximate surface area is 144 Å². The van der Waals surface area contributed by atoms with Crippen molar-refractivity contribution in [2.24, 2.45) is 0 Å². The average molecular weight is 339 g/mol. The first-order chi connectivity index (χ1) is 11.6. The SMILES string of the molecule is C[C@@H](NC(=O)COC(=O)c1cccc2ccccc12)c1cccs1. The van der Waals surface area contributed by atoms with E-state index in [9.17, 15) is 9.59 Å². The minimum Gasteiger partial charge on any atom is -0.452 e. The van der Waals surface area contributed by atoms with Crippen molar-refractivity contribution < 1.29 is 14.3 Å². The molecule has 1 aromatic heterocycles. The fourth-order valence-electron chi connectivity index (χ4n) is 2.50. The molecule has 0 saturated heterocycles. The number of nitrogens with one attached hydrogen (secondary N) is 1. The van der Waals surface area contributed by atoms with Crippen molar-refractivity contribution in [2.75, 3.05) is 6.61 Å². The lowest BCUT2D eigenvalue weighted by Gasteiger charge is -2.12. The molecule has 3 rings (SSSR count). The van der Waals surface area contributed by atoms with E-state index in [2.05, 4.69) is 5.32 Å². The zero-order valence-corrected chi connectivity index (χ0v) is 14.0. The van der Waals surface area contributed by atoms with Gasteiger partial charge in [-0.15, -0.1) is 11.3 Å². The molecule has 24 heavy (non-hydrogen) atoms. The Hall–Kier alpha value is -2.66. The molecule has 0 spiro atoms. The van der Waals surface area contributed by atoms with Gasteiger partial charge in [0, 0.05) is 4.88 Å². The van der Waals surface area contributed by atoms with E-state index in [0.29, 0.717) is 5.56 Å². The minimum atomic E-state index is -0.495. The van der Waals surface area contributed by atoms with Gasteiger partial charge in [-0.1, -0.05) is 42.5 Å². The summed E-state index contributed by atoms with van der Waals surface area (Å²) in [5, 5.41) is 6.56. The fourth-order valence-corrected chi connectivity index (χ4v) is 3.24. The van der Waals surface area contributed by atoms with Gasteiger partial charge in [0.15, 0.2) is 6.61 Å². The van der Waals surface area contributed by atoms with Crippen LogP contribution >= 0.6 is 11.3 Å². The molecule has 5 heteroatoms. The van der Waals surface area contributed by atoms with Crippen LogP contribution in [0.3, 0.4) is 0 Å². The molecule has 122 valence electrons. The molecule has 0 aliphatic carbocycles. The minimum absolute atomic E-state index is 0.103. The Balaban J connectivity index is 1.61. The van der Waals surface area contributed by atoms with Crippen LogP contribution in [-0.2, 0) is 9.53 Å². The molecule has 0 unspecified atom stereocenters. The lowest BCUT2D eigenvalue weighted by molar-refractivity contribution is -0.124. The van der Waals surface area contributed by atoms with Gasteiger partial charge in [-0.3, -0.25) is 4.79 Å². The van der Waals surface area contributed by atoms with Crippen molar-refractivity contribution in [3.05, 3.63) is 70.4 Å². The summed E-state index contributed by atoms with van der Waals surface area (Å²) in [6.07, 6.45) is 0. The normalized spacial score (nSPS) is 11.9.